The van der Waals surface area contributed by atoms with Crippen molar-refractivity contribution in [2.75, 3.05) is 19.7 Å². The lowest BCUT2D eigenvalue weighted by molar-refractivity contribution is -0.0494. The van der Waals surface area contributed by atoms with Crippen molar-refractivity contribution in [1.29, 1.82) is 0 Å². The van der Waals surface area contributed by atoms with Gasteiger partial charge in [0.25, 0.3) is 0 Å². The van der Waals surface area contributed by atoms with Gasteiger partial charge >= 0.3 is 0 Å². The van der Waals surface area contributed by atoms with Gasteiger partial charge in [0.05, 0.1) is 12.7 Å². The SMILES string of the molecule is CC1CN(CCCC(=O)c2ccccc2)C(C)CO1. The number of hydrogen-bond donors (Lipinski definition) is 0. The Morgan fingerprint density at radius 2 is 2.05 bits per heavy atom. The van der Waals surface area contributed by atoms with Crippen molar-refractivity contribution in [1.82, 2.24) is 4.90 Å². The average molecular weight is 261 g/mol. The molecule has 104 valence electrons. The predicted octanol–water partition coefficient (Wildman–Crippen LogP) is 2.76. The Labute approximate surface area is 115 Å². The first-order chi connectivity index (χ1) is 9.16. The molecule has 2 atom stereocenters. The molecule has 3 heteroatoms. The summed E-state index contributed by atoms with van der Waals surface area (Å²) in [7, 11) is 0. The van der Waals surface area contributed by atoms with E-state index in [9.17, 15) is 4.79 Å². The third-order valence-electron chi connectivity index (χ3n) is 3.68. The van der Waals surface area contributed by atoms with E-state index in [1.54, 1.807) is 0 Å². The lowest BCUT2D eigenvalue weighted by atomic mass is 10.1. The van der Waals surface area contributed by atoms with E-state index in [4.69, 9.17) is 4.74 Å². The van der Waals surface area contributed by atoms with Crippen LogP contribution in [-0.2, 0) is 4.74 Å². The number of rotatable bonds is 5. The minimum atomic E-state index is 0.245. The molecule has 0 aliphatic carbocycles. The van der Waals surface area contributed by atoms with Gasteiger partial charge in [0.1, 0.15) is 0 Å². The number of morpholine rings is 1. The van der Waals surface area contributed by atoms with Crippen LogP contribution in [0, 0.1) is 0 Å². The Bertz CT molecular complexity index is 404. The first kappa shape index (κ1) is 14.2. The van der Waals surface area contributed by atoms with Crippen LogP contribution < -0.4 is 0 Å². The van der Waals surface area contributed by atoms with E-state index < -0.39 is 0 Å². The van der Waals surface area contributed by atoms with Crippen molar-refractivity contribution in [3.63, 3.8) is 0 Å². The highest BCUT2D eigenvalue weighted by Gasteiger charge is 2.22. The van der Waals surface area contributed by atoms with Crippen LogP contribution in [0.2, 0.25) is 0 Å². The standard InChI is InChI=1S/C16H23NO2/c1-13-12-19-14(2)11-17(13)10-6-9-16(18)15-7-4-3-5-8-15/h3-5,7-8,13-14H,6,9-12H2,1-2H3. The van der Waals surface area contributed by atoms with Gasteiger partial charge in [-0.2, -0.15) is 0 Å². The fourth-order valence-electron chi connectivity index (χ4n) is 2.49. The quantitative estimate of drug-likeness (QED) is 0.763. The van der Waals surface area contributed by atoms with Crippen LogP contribution in [0.4, 0.5) is 0 Å². The minimum absolute atomic E-state index is 0.245. The number of carbonyl (C=O) groups excluding carboxylic acids is 1. The maximum Gasteiger partial charge on any atom is 0.162 e. The van der Waals surface area contributed by atoms with Crippen molar-refractivity contribution in [2.45, 2.75) is 38.8 Å². The fraction of sp³-hybridized carbons (Fsp3) is 0.562. The summed E-state index contributed by atoms with van der Waals surface area (Å²) >= 11 is 0. The molecule has 1 aromatic rings. The van der Waals surface area contributed by atoms with Gasteiger partial charge in [-0.3, -0.25) is 9.69 Å². The summed E-state index contributed by atoms with van der Waals surface area (Å²) in [5, 5.41) is 0. The van der Waals surface area contributed by atoms with Gasteiger partial charge in [-0.25, -0.2) is 0 Å². The lowest BCUT2D eigenvalue weighted by Crippen LogP contribution is -2.47. The number of benzene rings is 1. The van der Waals surface area contributed by atoms with Gasteiger partial charge in [0.2, 0.25) is 0 Å². The van der Waals surface area contributed by atoms with Gasteiger partial charge < -0.3 is 4.74 Å². The maximum absolute atomic E-state index is 12.0. The second-order valence-corrected chi connectivity index (χ2v) is 5.38. The van der Waals surface area contributed by atoms with E-state index in [0.29, 0.717) is 18.6 Å². The van der Waals surface area contributed by atoms with Crippen LogP contribution in [-0.4, -0.2) is 42.5 Å². The zero-order chi connectivity index (χ0) is 13.7. The van der Waals surface area contributed by atoms with Gasteiger partial charge in [-0.15, -0.1) is 0 Å². The largest absolute Gasteiger partial charge is 0.376 e. The normalized spacial score (nSPS) is 24.3. The zero-order valence-electron chi connectivity index (χ0n) is 11.8. The van der Waals surface area contributed by atoms with Gasteiger partial charge in [0.15, 0.2) is 5.78 Å². The number of ketones is 1. The lowest BCUT2D eigenvalue weighted by Gasteiger charge is -2.36. The minimum Gasteiger partial charge on any atom is -0.376 e. The van der Waals surface area contributed by atoms with E-state index >= 15 is 0 Å². The van der Waals surface area contributed by atoms with Crippen LogP contribution >= 0.6 is 0 Å². The third kappa shape index (κ3) is 4.15. The van der Waals surface area contributed by atoms with Crippen LogP contribution in [0.25, 0.3) is 0 Å². The van der Waals surface area contributed by atoms with Crippen molar-refractivity contribution in [2.24, 2.45) is 0 Å². The monoisotopic (exact) mass is 261 g/mol. The Balaban J connectivity index is 1.75. The molecule has 2 unspecified atom stereocenters. The Morgan fingerprint density at radius 3 is 2.79 bits per heavy atom. The van der Waals surface area contributed by atoms with Crippen molar-refractivity contribution >= 4 is 5.78 Å². The molecule has 2 rings (SSSR count). The molecule has 0 N–H and O–H groups in total. The molecule has 19 heavy (non-hydrogen) atoms. The highest BCUT2D eigenvalue weighted by atomic mass is 16.5. The topological polar surface area (TPSA) is 29.5 Å². The van der Waals surface area contributed by atoms with E-state index in [2.05, 4.69) is 18.7 Å². The van der Waals surface area contributed by atoms with Crippen LogP contribution in [0.15, 0.2) is 30.3 Å². The van der Waals surface area contributed by atoms with Crippen LogP contribution in [0.3, 0.4) is 0 Å². The Morgan fingerprint density at radius 1 is 1.32 bits per heavy atom. The highest BCUT2D eigenvalue weighted by Crippen LogP contribution is 2.13. The molecule has 0 radical (unpaired) electrons. The summed E-state index contributed by atoms with van der Waals surface area (Å²) in [5.74, 6) is 0.245. The summed E-state index contributed by atoms with van der Waals surface area (Å²) in [4.78, 5) is 14.4. The van der Waals surface area contributed by atoms with Crippen molar-refractivity contribution in [3.8, 4) is 0 Å². The predicted molar refractivity (Wildman–Crippen MR) is 76.5 cm³/mol. The van der Waals surface area contributed by atoms with E-state index in [0.717, 1.165) is 31.7 Å². The van der Waals surface area contributed by atoms with E-state index in [1.165, 1.54) is 0 Å². The summed E-state index contributed by atoms with van der Waals surface area (Å²) in [6.45, 7) is 7.04. The fourth-order valence-corrected chi connectivity index (χ4v) is 2.49. The van der Waals surface area contributed by atoms with Gasteiger partial charge in [-0.05, 0) is 26.8 Å². The molecule has 1 fully saturated rings. The molecule has 1 saturated heterocycles. The highest BCUT2D eigenvalue weighted by molar-refractivity contribution is 5.95. The smallest absolute Gasteiger partial charge is 0.162 e. The molecule has 1 heterocycles. The first-order valence-electron chi connectivity index (χ1n) is 7.10. The van der Waals surface area contributed by atoms with Crippen molar-refractivity contribution in [3.05, 3.63) is 35.9 Å². The Hall–Kier alpha value is -1.19. The number of ether oxygens (including phenoxy) is 1. The first-order valence-corrected chi connectivity index (χ1v) is 7.10. The molecule has 1 aliphatic heterocycles. The molecule has 1 aliphatic rings. The maximum atomic E-state index is 12.0. The van der Waals surface area contributed by atoms with Gasteiger partial charge in [0, 0.05) is 24.6 Å². The molecule has 0 spiro atoms. The second kappa shape index (κ2) is 6.83. The number of Topliss-reactive ketones (excluding diaryl/α,β-unsaturated/α-hetero) is 1. The molecule has 0 amide bonds. The molecular weight excluding hydrogens is 238 g/mol. The molecule has 3 nitrogen and oxygen atoms in total. The van der Waals surface area contributed by atoms with E-state index in [-0.39, 0.29) is 5.78 Å². The van der Waals surface area contributed by atoms with Gasteiger partial charge in [-0.1, -0.05) is 30.3 Å². The summed E-state index contributed by atoms with van der Waals surface area (Å²) in [6.07, 6.45) is 1.86. The second-order valence-electron chi connectivity index (χ2n) is 5.38. The third-order valence-corrected chi connectivity index (χ3v) is 3.68. The molecule has 0 aromatic heterocycles. The molecule has 0 bridgehead atoms. The Kier molecular flexibility index (Phi) is 5.11. The number of hydrogen-bond acceptors (Lipinski definition) is 3. The summed E-state index contributed by atoms with van der Waals surface area (Å²) in [6, 6.07) is 10.0. The van der Waals surface area contributed by atoms with Crippen LogP contribution in [0.5, 0.6) is 0 Å². The van der Waals surface area contributed by atoms with Crippen LogP contribution in [0.1, 0.15) is 37.0 Å². The zero-order valence-corrected chi connectivity index (χ0v) is 11.8. The average Bonchev–Trinajstić information content (AvgIpc) is 2.43. The summed E-state index contributed by atoms with van der Waals surface area (Å²) in [5.41, 5.74) is 0.825. The molecule has 0 saturated carbocycles. The van der Waals surface area contributed by atoms with E-state index in [1.807, 2.05) is 30.3 Å². The summed E-state index contributed by atoms with van der Waals surface area (Å²) < 4.78 is 5.61. The molecule has 1 aromatic carbocycles. The number of nitrogens with zero attached hydrogens (tertiary/aromatic N) is 1. The molecular formula is C16H23NO2. The van der Waals surface area contributed by atoms with Crippen molar-refractivity contribution < 1.29 is 9.53 Å². The number of carbonyl (C=O) groups is 1.